The van der Waals surface area contributed by atoms with Crippen LogP contribution in [0.15, 0.2) is 24.4 Å². The van der Waals surface area contributed by atoms with Crippen LogP contribution >= 0.6 is 0 Å². The third-order valence-corrected chi connectivity index (χ3v) is 5.04. The van der Waals surface area contributed by atoms with Gasteiger partial charge in [-0.25, -0.2) is 0 Å². The van der Waals surface area contributed by atoms with Crippen molar-refractivity contribution in [3.8, 4) is 6.07 Å². The van der Waals surface area contributed by atoms with E-state index in [2.05, 4.69) is 11.1 Å². The molecule has 0 bridgehead atoms. The van der Waals surface area contributed by atoms with E-state index in [9.17, 15) is 4.79 Å². The molecule has 3 nitrogen and oxygen atoms in total. The SMILES string of the molecule is N#Cc1ccc2[nH]cc(C(=O)C3C4CCCCC43)c2c1. The normalized spacial score (nSPS) is 27.9. The van der Waals surface area contributed by atoms with Gasteiger partial charge in [0, 0.05) is 28.6 Å². The molecule has 2 aliphatic rings. The Labute approximate surface area is 117 Å². The minimum atomic E-state index is 0.238. The number of H-pyrrole nitrogens is 1. The van der Waals surface area contributed by atoms with E-state index in [-0.39, 0.29) is 11.7 Å². The summed E-state index contributed by atoms with van der Waals surface area (Å²) in [5, 5.41) is 9.91. The van der Waals surface area contributed by atoms with E-state index < -0.39 is 0 Å². The Hall–Kier alpha value is -2.08. The first-order valence-electron chi connectivity index (χ1n) is 7.35. The summed E-state index contributed by atoms with van der Waals surface area (Å²) in [7, 11) is 0. The van der Waals surface area contributed by atoms with Gasteiger partial charge in [-0.05, 0) is 42.9 Å². The van der Waals surface area contributed by atoms with E-state index in [1.165, 1.54) is 25.7 Å². The number of nitrogens with zero attached hydrogens (tertiary/aromatic N) is 1. The van der Waals surface area contributed by atoms with E-state index in [1.54, 1.807) is 6.07 Å². The number of hydrogen-bond donors (Lipinski definition) is 1. The first kappa shape index (κ1) is 11.7. The highest BCUT2D eigenvalue weighted by molar-refractivity contribution is 6.10. The molecule has 2 fully saturated rings. The number of aromatic amines is 1. The zero-order chi connectivity index (χ0) is 13.7. The monoisotopic (exact) mass is 264 g/mol. The molecule has 1 heterocycles. The summed E-state index contributed by atoms with van der Waals surface area (Å²) in [5.41, 5.74) is 2.33. The molecule has 1 aromatic carbocycles. The number of hydrogen-bond acceptors (Lipinski definition) is 2. The maximum Gasteiger partial charge on any atom is 0.168 e. The lowest BCUT2D eigenvalue weighted by Gasteiger charge is -2.04. The average molecular weight is 264 g/mol. The van der Waals surface area contributed by atoms with Gasteiger partial charge in [-0.2, -0.15) is 5.26 Å². The maximum atomic E-state index is 12.7. The quantitative estimate of drug-likeness (QED) is 0.841. The zero-order valence-electron chi connectivity index (χ0n) is 11.2. The lowest BCUT2D eigenvalue weighted by molar-refractivity contribution is 0.0958. The summed E-state index contributed by atoms with van der Waals surface area (Å²) < 4.78 is 0. The summed E-state index contributed by atoms with van der Waals surface area (Å²) in [6.45, 7) is 0. The van der Waals surface area contributed by atoms with Crippen LogP contribution in [0.1, 0.15) is 41.6 Å². The van der Waals surface area contributed by atoms with Crippen LogP contribution in [-0.2, 0) is 0 Å². The standard InChI is InChI=1S/C17H16N2O/c18-8-10-5-6-15-13(7-10)14(9-19-15)17(20)16-11-3-1-2-4-12(11)16/h5-7,9,11-12,16,19H,1-4H2. The van der Waals surface area contributed by atoms with Crippen molar-refractivity contribution in [2.45, 2.75) is 25.7 Å². The minimum absolute atomic E-state index is 0.238. The molecule has 0 spiro atoms. The molecule has 2 saturated carbocycles. The van der Waals surface area contributed by atoms with Crippen molar-refractivity contribution in [3.63, 3.8) is 0 Å². The van der Waals surface area contributed by atoms with Crippen molar-refractivity contribution < 1.29 is 4.79 Å². The minimum Gasteiger partial charge on any atom is -0.360 e. The smallest absolute Gasteiger partial charge is 0.168 e. The number of nitrogens with one attached hydrogen (secondary N) is 1. The Morgan fingerprint density at radius 3 is 2.70 bits per heavy atom. The number of benzene rings is 1. The fourth-order valence-corrected chi connectivity index (χ4v) is 3.95. The van der Waals surface area contributed by atoms with Crippen molar-refractivity contribution in [2.75, 3.05) is 0 Å². The van der Waals surface area contributed by atoms with Crippen molar-refractivity contribution in [1.29, 1.82) is 5.26 Å². The van der Waals surface area contributed by atoms with Gasteiger partial charge in [0.2, 0.25) is 0 Å². The van der Waals surface area contributed by atoms with E-state index in [4.69, 9.17) is 5.26 Å². The number of aromatic nitrogens is 1. The van der Waals surface area contributed by atoms with Crippen molar-refractivity contribution in [2.24, 2.45) is 17.8 Å². The van der Waals surface area contributed by atoms with Gasteiger partial charge in [-0.1, -0.05) is 12.8 Å². The number of carbonyl (C=O) groups excluding carboxylic acids is 1. The van der Waals surface area contributed by atoms with Crippen LogP contribution in [0.3, 0.4) is 0 Å². The van der Waals surface area contributed by atoms with Crippen molar-refractivity contribution in [3.05, 3.63) is 35.5 Å². The second-order valence-corrected chi connectivity index (χ2v) is 6.08. The Morgan fingerprint density at radius 1 is 1.25 bits per heavy atom. The Balaban J connectivity index is 1.72. The second kappa shape index (κ2) is 4.21. The highest BCUT2D eigenvalue weighted by Crippen LogP contribution is 2.56. The molecule has 2 aromatic rings. The molecular weight excluding hydrogens is 248 g/mol. The predicted octanol–water partition coefficient (Wildman–Crippen LogP) is 3.66. The van der Waals surface area contributed by atoms with Gasteiger partial charge in [0.05, 0.1) is 11.6 Å². The first-order valence-corrected chi connectivity index (χ1v) is 7.35. The fourth-order valence-electron chi connectivity index (χ4n) is 3.95. The molecule has 1 aromatic heterocycles. The Bertz CT molecular complexity index is 725. The van der Waals surface area contributed by atoms with E-state index in [0.717, 1.165) is 16.5 Å². The lowest BCUT2D eigenvalue weighted by Crippen LogP contribution is -2.03. The summed E-state index contributed by atoms with van der Waals surface area (Å²) >= 11 is 0. The maximum absolute atomic E-state index is 12.7. The number of rotatable bonds is 2. The molecule has 0 saturated heterocycles. The molecule has 0 aliphatic heterocycles. The van der Waals surface area contributed by atoms with Crippen LogP contribution in [-0.4, -0.2) is 10.8 Å². The van der Waals surface area contributed by atoms with Gasteiger partial charge in [-0.15, -0.1) is 0 Å². The van der Waals surface area contributed by atoms with E-state index in [1.807, 2.05) is 18.3 Å². The lowest BCUT2D eigenvalue weighted by atomic mass is 10.0. The topological polar surface area (TPSA) is 56.6 Å². The number of fused-ring (bicyclic) bond motifs is 2. The molecule has 3 heteroatoms. The number of Topliss-reactive ketones (excluding diaryl/α,β-unsaturated/α-hetero) is 1. The average Bonchev–Trinajstić information content (AvgIpc) is 3.07. The predicted molar refractivity (Wildman–Crippen MR) is 76.3 cm³/mol. The summed E-state index contributed by atoms with van der Waals surface area (Å²) in [5.74, 6) is 1.77. The van der Waals surface area contributed by atoms with Crippen LogP contribution in [0.2, 0.25) is 0 Å². The molecule has 1 N–H and O–H groups in total. The van der Waals surface area contributed by atoms with Crippen LogP contribution in [0, 0.1) is 29.1 Å². The highest BCUT2D eigenvalue weighted by Gasteiger charge is 2.54. The second-order valence-electron chi connectivity index (χ2n) is 6.08. The van der Waals surface area contributed by atoms with Crippen molar-refractivity contribution in [1.82, 2.24) is 4.98 Å². The number of carbonyl (C=O) groups is 1. The summed E-state index contributed by atoms with van der Waals surface area (Å²) in [4.78, 5) is 15.9. The van der Waals surface area contributed by atoms with Gasteiger partial charge in [-0.3, -0.25) is 4.79 Å². The van der Waals surface area contributed by atoms with Gasteiger partial charge in [0.15, 0.2) is 5.78 Å². The Kier molecular flexibility index (Phi) is 2.47. The molecule has 4 rings (SSSR count). The molecule has 0 amide bonds. The Morgan fingerprint density at radius 2 is 2.00 bits per heavy atom. The molecule has 0 radical (unpaired) electrons. The number of nitriles is 1. The zero-order valence-corrected chi connectivity index (χ0v) is 11.2. The van der Waals surface area contributed by atoms with Crippen LogP contribution in [0.25, 0.3) is 10.9 Å². The highest BCUT2D eigenvalue weighted by atomic mass is 16.1. The van der Waals surface area contributed by atoms with Gasteiger partial charge in [0.1, 0.15) is 0 Å². The summed E-state index contributed by atoms with van der Waals surface area (Å²) in [6.07, 6.45) is 6.80. The molecule has 2 atom stereocenters. The van der Waals surface area contributed by atoms with E-state index in [0.29, 0.717) is 17.4 Å². The van der Waals surface area contributed by atoms with Gasteiger partial charge < -0.3 is 4.98 Å². The molecule has 2 aliphatic carbocycles. The summed E-state index contributed by atoms with van der Waals surface area (Å²) in [6, 6.07) is 7.63. The van der Waals surface area contributed by atoms with Gasteiger partial charge >= 0.3 is 0 Å². The molecular formula is C17H16N2O. The molecule has 2 unspecified atom stereocenters. The van der Waals surface area contributed by atoms with Crippen LogP contribution in [0.5, 0.6) is 0 Å². The fraction of sp³-hybridized carbons (Fsp3) is 0.412. The first-order chi connectivity index (χ1) is 9.79. The third kappa shape index (κ3) is 1.61. The van der Waals surface area contributed by atoms with Gasteiger partial charge in [0.25, 0.3) is 0 Å². The molecule has 100 valence electrons. The largest absolute Gasteiger partial charge is 0.360 e. The van der Waals surface area contributed by atoms with Crippen LogP contribution in [0.4, 0.5) is 0 Å². The van der Waals surface area contributed by atoms with Crippen LogP contribution < -0.4 is 0 Å². The number of ketones is 1. The van der Waals surface area contributed by atoms with Crippen molar-refractivity contribution >= 4 is 16.7 Å². The third-order valence-electron chi connectivity index (χ3n) is 5.04. The van der Waals surface area contributed by atoms with E-state index >= 15 is 0 Å². The molecule has 20 heavy (non-hydrogen) atoms.